The number of nitrogens with two attached hydrogens (primary N) is 2. The van der Waals surface area contributed by atoms with E-state index in [1.807, 2.05) is 0 Å². The van der Waals surface area contributed by atoms with Crippen molar-refractivity contribution < 1.29 is 13.2 Å². The fourth-order valence-electron chi connectivity index (χ4n) is 0.550. The number of nitrogens with zero attached hydrogens (tertiary/aromatic N) is 2. The maximum atomic E-state index is 10.6. The van der Waals surface area contributed by atoms with E-state index in [1.165, 1.54) is 14.1 Å². The van der Waals surface area contributed by atoms with E-state index >= 15 is 0 Å². The van der Waals surface area contributed by atoms with Crippen LogP contribution in [0.1, 0.15) is 0 Å². The molecule has 4 N–H and O–H groups in total. The van der Waals surface area contributed by atoms with Crippen LogP contribution in [-0.4, -0.2) is 38.0 Å². The van der Waals surface area contributed by atoms with Crippen molar-refractivity contribution in [3.63, 3.8) is 0 Å². The lowest BCUT2D eigenvalue weighted by Gasteiger charge is -2.23. The predicted molar refractivity (Wildman–Crippen MR) is 38.2 cm³/mol. The van der Waals surface area contributed by atoms with Crippen molar-refractivity contribution in [2.75, 3.05) is 14.1 Å². The van der Waals surface area contributed by atoms with Crippen molar-refractivity contribution in [2.24, 2.45) is 10.9 Å². The molecule has 0 heterocycles. The van der Waals surface area contributed by atoms with E-state index < -0.39 is 16.2 Å². The summed E-state index contributed by atoms with van der Waals surface area (Å²) in [5.41, 5.74) is 4.71. The van der Waals surface area contributed by atoms with E-state index in [2.05, 4.69) is 5.14 Å². The lowest BCUT2D eigenvalue weighted by molar-refractivity contribution is 0.145. The van der Waals surface area contributed by atoms with Gasteiger partial charge in [0.1, 0.15) is 0 Å². The summed E-state index contributed by atoms with van der Waals surface area (Å²) in [7, 11) is -1.42. The number of hydrogen-bond donors (Lipinski definition) is 2. The third kappa shape index (κ3) is 2.70. The SMILES string of the molecule is CN(C)N(C(N)=O)S(N)(=O)=O. The van der Waals surface area contributed by atoms with Gasteiger partial charge in [0.2, 0.25) is 0 Å². The molecule has 0 atom stereocenters. The Morgan fingerprint density at radius 3 is 1.73 bits per heavy atom. The molecule has 0 aliphatic heterocycles. The molecule has 0 rings (SSSR count). The van der Waals surface area contributed by atoms with E-state index in [4.69, 9.17) is 5.73 Å². The van der Waals surface area contributed by atoms with Gasteiger partial charge in [-0.15, -0.1) is 4.41 Å². The number of primary amides is 1. The van der Waals surface area contributed by atoms with Crippen molar-refractivity contribution in [1.29, 1.82) is 0 Å². The Hall–Kier alpha value is -0.860. The summed E-state index contributed by atoms with van der Waals surface area (Å²) in [6, 6.07) is -1.14. The Morgan fingerprint density at radius 2 is 1.73 bits per heavy atom. The molecule has 66 valence electrons. The molecule has 0 aliphatic rings. The summed E-state index contributed by atoms with van der Waals surface area (Å²) in [6.45, 7) is 0. The molecule has 0 aromatic rings. The quantitative estimate of drug-likeness (QED) is 0.483. The van der Waals surface area contributed by atoms with Crippen LogP contribution >= 0.6 is 0 Å². The number of rotatable bonds is 2. The van der Waals surface area contributed by atoms with Gasteiger partial charge in [-0.2, -0.15) is 8.42 Å². The second-order valence-corrected chi connectivity index (χ2v) is 3.35. The second-order valence-electron chi connectivity index (χ2n) is 1.97. The van der Waals surface area contributed by atoms with Gasteiger partial charge in [0, 0.05) is 14.1 Å². The van der Waals surface area contributed by atoms with Crippen LogP contribution in [0.15, 0.2) is 0 Å². The summed E-state index contributed by atoms with van der Waals surface area (Å²) < 4.78 is 21.4. The monoisotopic (exact) mass is 182 g/mol. The van der Waals surface area contributed by atoms with Crippen molar-refractivity contribution in [1.82, 2.24) is 9.42 Å². The van der Waals surface area contributed by atoms with Gasteiger partial charge in [0.05, 0.1) is 0 Å². The summed E-state index contributed by atoms with van der Waals surface area (Å²) in [6.07, 6.45) is 0. The summed E-state index contributed by atoms with van der Waals surface area (Å²) in [5.74, 6) is 0. The molecule has 0 fully saturated rings. The third-order valence-electron chi connectivity index (χ3n) is 0.793. The molecule has 0 spiro atoms. The first-order chi connectivity index (χ1) is 4.76. The molecular weight excluding hydrogens is 172 g/mol. The molecule has 0 aromatic heterocycles. The van der Waals surface area contributed by atoms with Gasteiger partial charge in [-0.05, 0) is 0 Å². The summed E-state index contributed by atoms with van der Waals surface area (Å²) in [4.78, 5) is 10.4. The van der Waals surface area contributed by atoms with Crippen LogP contribution in [0.25, 0.3) is 0 Å². The molecule has 0 unspecified atom stereocenters. The lowest BCUT2D eigenvalue weighted by Crippen LogP contribution is -2.51. The summed E-state index contributed by atoms with van der Waals surface area (Å²) >= 11 is 0. The average Bonchev–Trinajstić information content (AvgIpc) is 1.54. The molecule has 0 radical (unpaired) electrons. The van der Waals surface area contributed by atoms with E-state index in [9.17, 15) is 13.2 Å². The van der Waals surface area contributed by atoms with Gasteiger partial charge in [-0.1, -0.05) is 0 Å². The van der Waals surface area contributed by atoms with E-state index in [-0.39, 0.29) is 4.41 Å². The first-order valence-electron chi connectivity index (χ1n) is 2.56. The van der Waals surface area contributed by atoms with Crippen molar-refractivity contribution in [2.45, 2.75) is 0 Å². The molecule has 0 saturated carbocycles. The molecule has 11 heavy (non-hydrogen) atoms. The molecule has 8 heteroatoms. The average molecular weight is 182 g/mol. The largest absolute Gasteiger partial charge is 0.349 e. The highest BCUT2D eigenvalue weighted by atomic mass is 32.2. The highest BCUT2D eigenvalue weighted by Crippen LogP contribution is 1.95. The summed E-state index contributed by atoms with van der Waals surface area (Å²) in [5, 5.41) is 5.61. The second kappa shape index (κ2) is 3.03. The normalized spacial score (nSPS) is 11.6. The topological polar surface area (TPSA) is 110 Å². The number of carbonyl (C=O) groups excluding carboxylic acids is 1. The zero-order valence-corrected chi connectivity index (χ0v) is 7.00. The molecular formula is C3H10N4O3S. The van der Waals surface area contributed by atoms with Gasteiger partial charge < -0.3 is 5.73 Å². The number of carbonyl (C=O) groups is 1. The Labute approximate surface area is 64.7 Å². The molecule has 0 aromatic carbocycles. The Balaban J connectivity index is 4.79. The van der Waals surface area contributed by atoms with Gasteiger partial charge in [0.25, 0.3) is 0 Å². The minimum Gasteiger partial charge on any atom is -0.349 e. The van der Waals surface area contributed by atoms with Crippen LogP contribution < -0.4 is 10.9 Å². The lowest BCUT2D eigenvalue weighted by atomic mass is 11.0. The van der Waals surface area contributed by atoms with Crippen molar-refractivity contribution >= 4 is 16.2 Å². The maximum Gasteiger partial charge on any atom is 0.344 e. The molecule has 2 amide bonds. The Morgan fingerprint density at radius 1 is 1.36 bits per heavy atom. The number of urea groups is 1. The van der Waals surface area contributed by atoms with Gasteiger partial charge >= 0.3 is 16.2 Å². The highest BCUT2D eigenvalue weighted by molar-refractivity contribution is 7.87. The van der Waals surface area contributed by atoms with E-state index in [0.717, 1.165) is 5.01 Å². The fraction of sp³-hybridized carbons (Fsp3) is 0.667. The zero-order chi connectivity index (χ0) is 9.23. The van der Waals surface area contributed by atoms with Crippen LogP contribution in [0, 0.1) is 0 Å². The minimum atomic E-state index is -4.08. The molecule has 0 bridgehead atoms. The molecule has 0 saturated heterocycles. The van der Waals surface area contributed by atoms with Crippen molar-refractivity contribution in [3.8, 4) is 0 Å². The molecule has 7 nitrogen and oxygen atoms in total. The first-order valence-corrected chi connectivity index (χ1v) is 4.07. The van der Waals surface area contributed by atoms with Crippen LogP contribution in [0.4, 0.5) is 4.79 Å². The van der Waals surface area contributed by atoms with Crippen LogP contribution in [-0.2, 0) is 10.2 Å². The minimum absolute atomic E-state index is 0.243. The van der Waals surface area contributed by atoms with Crippen LogP contribution in [0.2, 0.25) is 0 Å². The van der Waals surface area contributed by atoms with E-state index in [1.54, 1.807) is 0 Å². The smallest absolute Gasteiger partial charge is 0.344 e. The third-order valence-corrected chi connectivity index (χ3v) is 1.78. The Kier molecular flexibility index (Phi) is 2.79. The first kappa shape index (κ1) is 10.1. The number of amides is 2. The zero-order valence-electron chi connectivity index (χ0n) is 6.18. The van der Waals surface area contributed by atoms with Crippen molar-refractivity contribution in [3.05, 3.63) is 0 Å². The van der Waals surface area contributed by atoms with Gasteiger partial charge in [-0.3, -0.25) is 0 Å². The number of hydrogen-bond acceptors (Lipinski definition) is 4. The maximum absolute atomic E-state index is 10.6. The standard InChI is InChI=1S/C3H10N4O3S/c1-6(2)7(3(4)8)11(5,9)10/h1-2H3,(H2,4,8)(H2,5,9,10). The number of hydrazine groups is 1. The molecule has 0 aliphatic carbocycles. The predicted octanol–water partition coefficient (Wildman–Crippen LogP) is -1.95. The Bertz CT molecular complexity index is 245. The highest BCUT2D eigenvalue weighted by Gasteiger charge is 2.23. The van der Waals surface area contributed by atoms with E-state index in [0.29, 0.717) is 0 Å². The van der Waals surface area contributed by atoms with Crippen LogP contribution in [0.5, 0.6) is 0 Å². The van der Waals surface area contributed by atoms with Gasteiger partial charge in [0.15, 0.2) is 0 Å². The van der Waals surface area contributed by atoms with Crippen LogP contribution in [0.3, 0.4) is 0 Å². The fourth-order valence-corrected chi connectivity index (χ4v) is 1.26. The van der Waals surface area contributed by atoms with Gasteiger partial charge in [-0.25, -0.2) is 14.9 Å².